The van der Waals surface area contributed by atoms with Gasteiger partial charge in [0.15, 0.2) is 16.3 Å². The van der Waals surface area contributed by atoms with Crippen LogP contribution >= 0.6 is 12.2 Å². The Kier molecular flexibility index (Phi) is 4.64. The first-order valence-corrected chi connectivity index (χ1v) is 8.76. The summed E-state index contributed by atoms with van der Waals surface area (Å²) in [4.78, 5) is 15.5. The minimum absolute atomic E-state index is 0.304. The molecule has 0 fully saturated rings. The molecule has 0 bridgehead atoms. The molecule has 0 radical (unpaired) electrons. The SMILES string of the molecule is O=C(NCc1ccc2c(c1)OCCO2)c1c[nH]c(=S)n1-c1ccc(F)cc1. The normalized spacial score (nSPS) is 12.6. The van der Waals surface area contributed by atoms with Crippen molar-refractivity contribution < 1.29 is 18.7 Å². The van der Waals surface area contributed by atoms with Crippen LogP contribution in [0.25, 0.3) is 5.69 Å². The van der Waals surface area contributed by atoms with Gasteiger partial charge in [-0.1, -0.05) is 6.07 Å². The highest BCUT2D eigenvalue weighted by atomic mass is 32.1. The third-order valence-corrected chi connectivity index (χ3v) is 4.45. The van der Waals surface area contributed by atoms with E-state index in [9.17, 15) is 9.18 Å². The molecular formula is C19H16FN3O3S. The zero-order valence-corrected chi connectivity index (χ0v) is 15.0. The Balaban J connectivity index is 1.52. The second kappa shape index (κ2) is 7.24. The van der Waals surface area contributed by atoms with Crippen molar-refractivity contribution in [2.45, 2.75) is 6.54 Å². The quantitative estimate of drug-likeness (QED) is 0.676. The van der Waals surface area contributed by atoms with Gasteiger partial charge in [0.25, 0.3) is 5.91 Å². The molecule has 2 aromatic carbocycles. The fourth-order valence-corrected chi connectivity index (χ4v) is 3.12. The van der Waals surface area contributed by atoms with Crippen LogP contribution in [0.3, 0.4) is 0 Å². The Morgan fingerprint density at radius 1 is 1.15 bits per heavy atom. The van der Waals surface area contributed by atoms with Gasteiger partial charge in [0.2, 0.25) is 0 Å². The van der Waals surface area contributed by atoms with E-state index in [0.29, 0.717) is 47.4 Å². The molecule has 1 aliphatic heterocycles. The molecule has 2 heterocycles. The average molecular weight is 385 g/mol. The molecule has 1 aliphatic rings. The van der Waals surface area contributed by atoms with Crippen molar-refractivity contribution in [3.63, 3.8) is 0 Å². The number of hydrogen-bond acceptors (Lipinski definition) is 4. The molecule has 0 unspecified atom stereocenters. The Labute approximate surface area is 159 Å². The van der Waals surface area contributed by atoms with Crippen molar-refractivity contribution in [3.8, 4) is 17.2 Å². The summed E-state index contributed by atoms with van der Waals surface area (Å²) >= 11 is 5.25. The van der Waals surface area contributed by atoms with E-state index >= 15 is 0 Å². The number of aromatic amines is 1. The number of carbonyl (C=O) groups is 1. The molecule has 0 saturated carbocycles. The van der Waals surface area contributed by atoms with E-state index in [-0.39, 0.29) is 11.7 Å². The zero-order valence-electron chi connectivity index (χ0n) is 14.2. The molecule has 138 valence electrons. The van der Waals surface area contributed by atoms with Crippen LogP contribution in [0.1, 0.15) is 16.1 Å². The molecule has 0 saturated heterocycles. The molecule has 0 spiro atoms. The summed E-state index contributed by atoms with van der Waals surface area (Å²) in [5, 5.41) is 2.86. The largest absolute Gasteiger partial charge is 0.486 e. The van der Waals surface area contributed by atoms with E-state index in [1.165, 1.54) is 18.3 Å². The van der Waals surface area contributed by atoms with Gasteiger partial charge in [-0.05, 0) is 54.2 Å². The number of H-pyrrole nitrogens is 1. The summed E-state index contributed by atoms with van der Waals surface area (Å²) in [6.07, 6.45) is 1.53. The molecule has 1 aromatic heterocycles. The first-order chi connectivity index (χ1) is 13.1. The van der Waals surface area contributed by atoms with Crippen LogP contribution in [-0.2, 0) is 6.54 Å². The molecule has 2 N–H and O–H groups in total. The van der Waals surface area contributed by atoms with Gasteiger partial charge in [-0.3, -0.25) is 9.36 Å². The highest BCUT2D eigenvalue weighted by Crippen LogP contribution is 2.30. The third-order valence-electron chi connectivity index (χ3n) is 4.15. The summed E-state index contributed by atoms with van der Waals surface area (Å²) in [6.45, 7) is 1.35. The van der Waals surface area contributed by atoms with E-state index in [4.69, 9.17) is 21.7 Å². The Morgan fingerprint density at radius 3 is 2.67 bits per heavy atom. The van der Waals surface area contributed by atoms with Crippen LogP contribution < -0.4 is 14.8 Å². The maximum absolute atomic E-state index is 13.2. The molecule has 0 atom stereocenters. The first kappa shape index (κ1) is 17.3. The van der Waals surface area contributed by atoms with Crippen LogP contribution in [-0.4, -0.2) is 28.7 Å². The molecule has 3 aromatic rings. The number of ether oxygens (including phenoxy) is 2. The summed E-state index contributed by atoms with van der Waals surface area (Å²) < 4.78 is 26.1. The number of carbonyl (C=O) groups excluding carboxylic acids is 1. The maximum Gasteiger partial charge on any atom is 0.270 e. The number of fused-ring (bicyclic) bond motifs is 1. The van der Waals surface area contributed by atoms with E-state index in [0.717, 1.165) is 5.56 Å². The van der Waals surface area contributed by atoms with Crippen molar-refractivity contribution in [1.82, 2.24) is 14.9 Å². The Bertz CT molecular complexity index is 1040. The van der Waals surface area contributed by atoms with Gasteiger partial charge in [0.05, 0.1) is 0 Å². The van der Waals surface area contributed by atoms with Crippen LogP contribution in [0, 0.1) is 10.6 Å². The Morgan fingerprint density at radius 2 is 1.89 bits per heavy atom. The van der Waals surface area contributed by atoms with Gasteiger partial charge >= 0.3 is 0 Å². The van der Waals surface area contributed by atoms with Gasteiger partial charge in [-0.25, -0.2) is 4.39 Å². The van der Waals surface area contributed by atoms with Crippen molar-refractivity contribution in [1.29, 1.82) is 0 Å². The standard InChI is InChI=1S/C19H16FN3O3S/c20-13-2-4-14(5-3-13)23-15(11-22-19(23)27)18(24)21-10-12-1-6-16-17(9-12)26-8-7-25-16/h1-6,9,11H,7-8,10H2,(H,21,24)(H,22,27). The predicted molar refractivity (Wildman–Crippen MR) is 99.5 cm³/mol. The van der Waals surface area contributed by atoms with E-state index in [2.05, 4.69) is 10.3 Å². The van der Waals surface area contributed by atoms with Gasteiger partial charge in [0.1, 0.15) is 24.7 Å². The van der Waals surface area contributed by atoms with E-state index in [1.54, 1.807) is 16.7 Å². The van der Waals surface area contributed by atoms with E-state index < -0.39 is 0 Å². The van der Waals surface area contributed by atoms with E-state index in [1.807, 2.05) is 18.2 Å². The second-order valence-corrected chi connectivity index (χ2v) is 6.34. The lowest BCUT2D eigenvalue weighted by atomic mass is 10.2. The first-order valence-electron chi connectivity index (χ1n) is 8.35. The van der Waals surface area contributed by atoms with Crippen molar-refractivity contribution in [3.05, 3.63) is 70.5 Å². The summed E-state index contributed by atoms with van der Waals surface area (Å²) in [5.41, 5.74) is 1.83. The summed E-state index contributed by atoms with van der Waals surface area (Å²) in [6, 6.07) is 11.3. The third kappa shape index (κ3) is 3.56. The molecular weight excluding hydrogens is 369 g/mol. The second-order valence-electron chi connectivity index (χ2n) is 5.95. The van der Waals surface area contributed by atoms with Crippen molar-refractivity contribution in [2.24, 2.45) is 0 Å². The average Bonchev–Trinajstić information content (AvgIpc) is 3.08. The Hall–Kier alpha value is -3.13. The monoisotopic (exact) mass is 385 g/mol. The van der Waals surface area contributed by atoms with Gasteiger partial charge in [0, 0.05) is 18.4 Å². The predicted octanol–water partition coefficient (Wildman–Crippen LogP) is 3.38. The minimum atomic E-state index is -0.356. The van der Waals surface area contributed by atoms with Gasteiger partial charge < -0.3 is 19.8 Å². The lowest BCUT2D eigenvalue weighted by Crippen LogP contribution is -2.25. The number of nitrogens with zero attached hydrogens (tertiary/aromatic N) is 1. The number of benzene rings is 2. The molecule has 8 heteroatoms. The van der Waals surface area contributed by atoms with Crippen molar-refractivity contribution >= 4 is 18.1 Å². The van der Waals surface area contributed by atoms with Gasteiger partial charge in [-0.15, -0.1) is 0 Å². The van der Waals surface area contributed by atoms with Crippen LogP contribution in [0.15, 0.2) is 48.7 Å². The summed E-state index contributed by atoms with van der Waals surface area (Å²) in [7, 11) is 0. The smallest absolute Gasteiger partial charge is 0.270 e. The maximum atomic E-state index is 13.2. The molecule has 1 amide bonds. The lowest BCUT2D eigenvalue weighted by molar-refractivity contribution is 0.0944. The highest BCUT2D eigenvalue weighted by Gasteiger charge is 2.16. The topological polar surface area (TPSA) is 68.3 Å². The number of nitrogens with one attached hydrogen (secondary N) is 2. The van der Waals surface area contributed by atoms with Crippen LogP contribution in [0.4, 0.5) is 4.39 Å². The summed E-state index contributed by atoms with van der Waals surface area (Å²) in [5.74, 6) is 0.711. The zero-order chi connectivity index (χ0) is 18.8. The number of halogens is 1. The fourth-order valence-electron chi connectivity index (χ4n) is 2.85. The number of rotatable bonds is 4. The van der Waals surface area contributed by atoms with Gasteiger partial charge in [-0.2, -0.15) is 0 Å². The molecule has 4 rings (SSSR count). The number of amides is 1. The lowest BCUT2D eigenvalue weighted by Gasteiger charge is -2.19. The molecule has 6 nitrogen and oxygen atoms in total. The molecule has 27 heavy (non-hydrogen) atoms. The number of hydrogen-bond donors (Lipinski definition) is 2. The number of aromatic nitrogens is 2. The fraction of sp³-hybridized carbons (Fsp3) is 0.158. The highest BCUT2D eigenvalue weighted by molar-refractivity contribution is 7.71. The van der Waals surface area contributed by atoms with Crippen molar-refractivity contribution in [2.75, 3.05) is 13.2 Å². The van der Waals surface area contributed by atoms with Crippen LogP contribution in [0.2, 0.25) is 0 Å². The number of imidazole rings is 1. The van der Waals surface area contributed by atoms with Crippen LogP contribution in [0.5, 0.6) is 11.5 Å². The minimum Gasteiger partial charge on any atom is -0.486 e. The molecule has 0 aliphatic carbocycles.